The summed E-state index contributed by atoms with van der Waals surface area (Å²) >= 11 is 6.96. The maximum absolute atomic E-state index is 5.24. The molecule has 0 saturated carbocycles. The van der Waals surface area contributed by atoms with Crippen molar-refractivity contribution in [3.63, 3.8) is 0 Å². The van der Waals surface area contributed by atoms with Crippen LogP contribution in [0.25, 0.3) is 0 Å². The molecule has 0 bridgehead atoms. The number of nitrogens with zero attached hydrogens (tertiary/aromatic N) is 2. The Morgan fingerprint density at radius 2 is 2.05 bits per heavy atom. The van der Waals surface area contributed by atoms with Crippen LogP contribution in [0, 0.1) is 0 Å². The van der Waals surface area contributed by atoms with Gasteiger partial charge < -0.3 is 15.4 Å². The zero-order valence-electron chi connectivity index (χ0n) is 11.8. The Bertz CT molecular complexity index is 622. The van der Waals surface area contributed by atoms with Gasteiger partial charge >= 0.3 is 0 Å². The molecule has 2 N–H and O–H groups in total. The summed E-state index contributed by atoms with van der Waals surface area (Å²) in [6, 6.07) is 5.71. The third-order valence-corrected chi connectivity index (χ3v) is 3.98. The number of ether oxygens (including phenoxy) is 1. The molecule has 112 valence electrons. The number of nitrogens with one attached hydrogen (secondary N) is 2. The molecule has 0 unspecified atom stereocenters. The van der Waals surface area contributed by atoms with Gasteiger partial charge in [-0.25, -0.2) is 4.98 Å². The second kappa shape index (κ2) is 7.61. The van der Waals surface area contributed by atoms with Gasteiger partial charge in [-0.2, -0.15) is 4.98 Å². The molecule has 0 saturated heterocycles. The Labute approximate surface area is 140 Å². The number of anilines is 3. The monoisotopic (exact) mass is 414 g/mol. The van der Waals surface area contributed by atoms with Gasteiger partial charge in [-0.3, -0.25) is 0 Å². The molecule has 0 aliphatic carbocycles. The summed E-state index contributed by atoms with van der Waals surface area (Å²) in [5, 5.41) is 6.43. The molecular formula is C14H16Br2N4O. The van der Waals surface area contributed by atoms with Gasteiger partial charge in [0.05, 0.1) is 17.3 Å². The largest absolute Gasteiger partial charge is 0.497 e. The molecule has 7 heteroatoms. The van der Waals surface area contributed by atoms with E-state index in [-0.39, 0.29) is 0 Å². The third kappa shape index (κ3) is 4.31. The molecule has 0 amide bonds. The summed E-state index contributed by atoms with van der Waals surface area (Å²) in [6.45, 7) is 2.93. The van der Waals surface area contributed by atoms with Crippen molar-refractivity contribution in [2.75, 3.05) is 24.3 Å². The first-order chi connectivity index (χ1) is 10.1. The molecule has 2 rings (SSSR count). The van der Waals surface area contributed by atoms with Crippen LogP contribution in [0.5, 0.6) is 5.75 Å². The van der Waals surface area contributed by atoms with E-state index in [0.29, 0.717) is 11.8 Å². The van der Waals surface area contributed by atoms with E-state index in [0.717, 1.165) is 33.3 Å². The molecule has 21 heavy (non-hydrogen) atoms. The van der Waals surface area contributed by atoms with E-state index in [1.165, 1.54) is 0 Å². The van der Waals surface area contributed by atoms with Crippen LogP contribution in [0.2, 0.25) is 0 Å². The Hall–Kier alpha value is -1.34. The first kappa shape index (κ1) is 16.0. The highest BCUT2D eigenvalue weighted by molar-refractivity contribution is 9.11. The van der Waals surface area contributed by atoms with Gasteiger partial charge in [0.2, 0.25) is 5.95 Å². The van der Waals surface area contributed by atoms with Crippen molar-refractivity contribution >= 4 is 49.3 Å². The molecule has 0 fully saturated rings. The van der Waals surface area contributed by atoms with Crippen molar-refractivity contribution < 1.29 is 4.74 Å². The highest BCUT2D eigenvalue weighted by Crippen LogP contribution is 2.31. The van der Waals surface area contributed by atoms with E-state index in [1.807, 2.05) is 18.2 Å². The van der Waals surface area contributed by atoms with Crippen LogP contribution in [0.4, 0.5) is 17.5 Å². The van der Waals surface area contributed by atoms with Crippen molar-refractivity contribution in [1.82, 2.24) is 9.97 Å². The van der Waals surface area contributed by atoms with Gasteiger partial charge in [0.25, 0.3) is 0 Å². The van der Waals surface area contributed by atoms with Crippen molar-refractivity contribution in [1.29, 1.82) is 0 Å². The fourth-order valence-electron chi connectivity index (χ4n) is 1.63. The van der Waals surface area contributed by atoms with E-state index < -0.39 is 0 Å². The number of halogens is 2. The van der Waals surface area contributed by atoms with Crippen LogP contribution in [-0.2, 0) is 0 Å². The predicted molar refractivity (Wildman–Crippen MR) is 92.5 cm³/mol. The number of hydrogen-bond acceptors (Lipinski definition) is 5. The molecule has 0 aliphatic heterocycles. The molecule has 1 heterocycles. The third-order valence-electron chi connectivity index (χ3n) is 2.70. The Morgan fingerprint density at radius 1 is 1.24 bits per heavy atom. The topological polar surface area (TPSA) is 59.1 Å². The maximum atomic E-state index is 5.24. The van der Waals surface area contributed by atoms with Crippen molar-refractivity contribution in [2.24, 2.45) is 0 Å². The van der Waals surface area contributed by atoms with Gasteiger partial charge in [-0.05, 0) is 50.4 Å². The fraction of sp³-hybridized carbons (Fsp3) is 0.286. The van der Waals surface area contributed by atoms with Crippen LogP contribution >= 0.6 is 31.9 Å². The van der Waals surface area contributed by atoms with E-state index >= 15 is 0 Å². The summed E-state index contributed by atoms with van der Waals surface area (Å²) in [7, 11) is 1.64. The molecule has 1 aromatic heterocycles. The summed E-state index contributed by atoms with van der Waals surface area (Å²) < 4.78 is 6.96. The SMILES string of the molecule is CCCNc1ncc(Br)c(Nc2cc(OC)ccc2Br)n1. The summed E-state index contributed by atoms with van der Waals surface area (Å²) in [4.78, 5) is 8.69. The molecule has 0 spiro atoms. The zero-order valence-corrected chi connectivity index (χ0v) is 15.0. The fourth-order valence-corrected chi connectivity index (χ4v) is 2.27. The maximum Gasteiger partial charge on any atom is 0.224 e. The van der Waals surface area contributed by atoms with Crippen LogP contribution in [0.1, 0.15) is 13.3 Å². The predicted octanol–water partition coefficient (Wildman–Crippen LogP) is 4.58. The van der Waals surface area contributed by atoms with E-state index in [1.54, 1.807) is 13.3 Å². The number of methoxy groups -OCH3 is 1. The van der Waals surface area contributed by atoms with Gasteiger partial charge in [0, 0.05) is 23.3 Å². The van der Waals surface area contributed by atoms with Crippen LogP contribution < -0.4 is 15.4 Å². The Balaban J connectivity index is 2.26. The average Bonchev–Trinajstić information content (AvgIpc) is 2.50. The molecule has 0 aliphatic rings. The lowest BCUT2D eigenvalue weighted by Crippen LogP contribution is -2.06. The van der Waals surface area contributed by atoms with Crippen LogP contribution in [0.15, 0.2) is 33.3 Å². The number of aromatic nitrogens is 2. The number of rotatable bonds is 6. The van der Waals surface area contributed by atoms with Crippen molar-refractivity contribution in [3.05, 3.63) is 33.3 Å². The molecule has 0 atom stereocenters. The van der Waals surface area contributed by atoms with Gasteiger partial charge in [-0.15, -0.1) is 0 Å². The zero-order chi connectivity index (χ0) is 15.2. The molecule has 5 nitrogen and oxygen atoms in total. The quantitative estimate of drug-likeness (QED) is 0.723. The molecular weight excluding hydrogens is 400 g/mol. The second-order valence-corrected chi connectivity index (χ2v) is 6.00. The molecule has 1 aromatic carbocycles. The average molecular weight is 416 g/mol. The minimum atomic E-state index is 0.599. The van der Waals surface area contributed by atoms with Crippen LogP contribution in [-0.4, -0.2) is 23.6 Å². The van der Waals surface area contributed by atoms with Crippen molar-refractivity contribution in [2.45, 2.75) is 13.3 Å². The molecule has 0 radical (unpaired) electrons. The van der Waals surface area contributed by atoms with Crippen molar-refractivity contribution in [3.8, 4) is 5.75 Å². The highest BCUT2D eigenvalue weighted by atomic mass is 79.9. The summed E-state index contributed by atoms with van der Waals surface area (Å²) in [6.07, 6.45) is 2.74. The smallest absolute Gasteiger partial charge is 0.224 e. The molecule has 2 aromatic rings. The second-order valence-electron chi connectivity index (χ2n) is 4.29. The van der Waals surface area contributed by atoms with E-state index in [9.17, 15) is 0 Å². The Kier molecular flexibility index (Phi) is 5.81. The van der Waals surface area contributed by atoms with Gasteiger partial charge in [0.15, 0.2) is 0 Å². The Morgan fingerprint density at radius 3 is 2.76 bits per heavy atom. The first-order valence-corrected chi connectivity index (χ1v) is 8.09. The van der Waals surface area contributed by atoms with Crippen LogP contribution in [0.3, 0.4) is 0 Å². The van der Waals surface area contributed by atoms with E-state index in [4.69, 9.17) is 4.74 Å². The highest BCUT2D eigenvalue weighted by Gasteiger charge is 2.08. The van der Waals surface area contributed by atoms with E-state index in [2.05, 4.69) is 59.4 Å². The lowest BCUT2D eigenvalue weighted by Gasteiger charge is -2.12. The normalized spacial score (nSPS) is 10.3. The standard InChI is InChI=1S/C14H16Br2N4O/c1-3-6-17-14-18-8-11(16)13(20-14)19-12-7-9(21-2)4-5-10(12)15/h4-5,7-8H,3,6H2,1-2H3,(H2,17,18,19,20). The summed E-state index contributed by atoms with van der Waals surface area (Å²) in [5.74, 6) is 2.06. The number of benzene rings is 1. The lowest BCUT2D eigenvalue weighted by molar-refractivity contribution is 0.415. The minimum absolute atomic E-state index is 0.599. The first-order valence-electron chi connectivity index (χ1n) is 6.51. The number of hydrogen-bond donors (Lipinski definition) is 2. The van der Waals surface area contributed by atoms with Gasteiger partial charge in [-0.1, -0.05) is 6.92 Å². The lowest BCUT2D eigenvalue weighted by atomic mass is 10.3. The summed E-state index contributed by atoms with van der Waals surface area (Å²) in [5.41, 5.74) is 0.871. The minimum Gasteiger partial charge on any atom is -0.497 e. The van der Waals surface area contributed by atoms with Gasteiger partial charge in [0.1, 0.15) is 11.6 Å².